The van der Waals surface area contributed by atoms with Gasteiger partial charge in [0.15, 0.2) is 5.17 Å². The van der Waals surface area contributed by atoms with Gasteiger partial charge in [0.1, 0.15) is 0 Å². The second kappa shape index (κ2) is 7.80. The third-order valence-corrected chi connectivity index (χ3v) is 5.38. The van der Waals surface area contributed by atoms with Crippen LogP contribution in [0.1, 0.15) is 30.9 Å². The first-order valence-electron chi connectivity index (χ1n) is 7.99. The van der Waals surface area contributed by atoms with E-state index >= 15 is 0 Å². The molecule has 1 aromatic heterocycles. The maximum absolute atomic E-state index is 12.7. The van der Waals surface area contributed by atoms with E-state index in [2.05, 4.69) is 42.5 Å². The van der Waals surface area contributed by atoms with E-state index in [9.17, 15) is 4.79 Å². The highest BCUT2D eigenvalue weighted by molar-refractivity contribution is 8.18. The van der Waals surface area contributed by atoms with Crippen molar-refractivity contribution in [2.45, 2.75) is 19.8 Å². The van der Waals surface area contributed by atoms with E-state index in [0.29, 0.717) is 27.7 Å². The molecular weight excluding hydrogens is 350 g/mol. The van der Waals surface area contributed by atoms with Crippen molar-refractivity contribution >= 4 is 45.4 Å². The summed E-state index contributed by atoms with van der Waals surface area (Å²) < 4.78 is 0. The van der Waals surface area contributed by atoms with Crippen LogP contribution in [0.5, 0.6) is 0 Å². The summed E-state index contributed by atoms with van der Waals surface area (Å²) in [6.07, 6.45) is 5.32. The molecule has 6 heteroatoms. The molecule has 0 bridgehead atoms. The molecule has 2 aromatic rings. The molecule has 0 N–H and O–H groups in total. The molecule has 0 saturated carbocycles. The first kappa shape index (κ1) is 17.6. The minimum absolute atomic E-state index is 0.0480. The lowest BCUT2D eigenvalue weighted by Crippen LogP contribution is -2.29. The number of carbonyl (C=O) groups excluding carboxylic acids is 1. The lowest BCUT2D eigenvalue weighted by Gasteiger charge is -2.11. The van der Waals surface area contributed by atoms with Crippen molar-refractivity contribution < 1.29 is 4.79 Å². The summed E-state index contributed by atoms with van der Waals surface area (Å²) in [7, 11) is 0. The summed E-state index contributed by atoms with van der Waals surface area (Å²) >= 11 is 2.82. The van der Waals surface area contributed by atoms with Crippen molar-refractivity contribution in [2.24, 2.45) is 4.99 Å². The van der Waals surface area contributed by atoms with E-state index < -0.39 is 0 Å². The zero-order valence-corrected chi connectivity index (χ0v) is 15.8. The average Bonchev–Trinajstić information content (AvgIpc) is 3.20. The second-order valence-electron chi connectivity index (χ2n) is 5.85. The van der Waals surface area contributed by atoms with Crippen molar-refractivity contribution in [2.75, 3.05) is 6.54 Å². The van der Waals surface area contributed by atoms with Gasteiger partial charge in [-0.05, 0) is 34.9 Å². The molecule has 1 amide bonds. The number of amides is 1. The first-order chi connectivity index (χ1) is 12.1. The van der Waals surface area contributed by atoms with Crippen LogP contribution >= 0.6 is 23.1 Å². The Morgan fingerprint density at radius 1 is 1.32 bits per heavy atom. The van der Waals surface area contributed by atoms with Crippen LogP contribution in [0.15, 0.2) is 58.4 Å². The second-order valence-corrected chi connectivity index (χ2v) is 7.73. The summed E-state index contributed by atoms with van der Waals surface area (Å²) in [5.41, 5.74) is 2.29. The summed E-state index contributed by atoms with van der Waals surface area (Å²) in [5.74, 6) is 0.442. The fraction of sp³-hybridized carbons (Fsp3) is 0.211. The number of rotatable bonds is 5. The van der Waals surface area contributed by atoms with Crippen molar-refractivity contribution in [3.8, 4) is 0 Å². The van der Waals surface area contributed by atoms with Gasteiger partial charge < -0.3 is 0 Å². The highest BCUT2D eigenvalue weighted by Gasteiger charge is 2.32. The van der Waals surface area contributed by atoms with Gasteiger partial charge in [-0.3, -0.25) is 9.69 Å². The van der Waals surface area contributed by atoms with E-state index in [-0.39, 0.29) is 5.91 Å². The molecule has 128 valence electrons. The van der Waals surface area contributed by atoms with Crippen molar-refractivity contribution in [3.63, 3.8) is 0 Å². The first-order valence-corrected chi connectivity index (χ1v) is 9.68. The number of nitrogens with zero attached hydrogens (tertiary/aromatic N) is 3. The Kier molecular flexibility index (Phi) is 5.50. The lowest BCUT2D eigenvalue weighted by molar-refractivity contribution is -0.121. The van der Waals surface area contributed by atoms with Gasteiger partial charge in [-0.25, -0.2) is 4.98 Å². The van der Waals surface area contributed by atoms with Crippen molar-refractivity contribution in [3.05, 3.63) is 64.5 Å². The molecule has 1 aliphatic rings. The Morgan fingerprint density at radius 3 is 2.68 bits per heavy atom. The van der Waals surface area contributed by atoms with Crippen LogP contribution in [-0.4, -0.2) is 27.5 Å². The largest absolute Gasteiger partial charge is 0.282 e. The maximum Gasteiger partial charge on any atom is 0.267 e. The van der Waals surface area contributed by atoms with Gasteiger partial charge in [-0.1, -0.05) is 44.2 Å². The molecule has 4 nitrogen and oxygen atoms in total. The molecule has 0 unspecified atom stereocenters. The van der Waals surface area contributed by atoms with Crippen LogP contribution in [-0.2, 0) is 4.79 Å². The Labute approximate surface area is 156 Å². The van der Waals surface area contributed by atoms with Gasteiger partial charge in [0, 0.05) is 18.1 Å². The Balaban J connectivity index is 1.89. The van der Waals surface area contributed by atoms with Gasteiger partial charge in [-0.2, -0.15) is 4.99 Å². The fourth-order valence-corrected chi connectivity index (χ4v) is 3.91. The van der Waals surface area contributed by atoms with Crippen LogP contribution in [0.25, 0.3) is 6.08 Å². The highest BCUT2D eigenvalue weighted by atomic mass is 32.2. The third kappa shape index (κ3) is 4.08. The van der Waals surface area contributed by atoms with Crippen LogP contribution in [0.4, 0.5) is 5.13 Å². The molecule has 3 rings (SSSR count). The van der Waals surface area contributed by atoms with E-state index in [4.69, 9.17) is 0 Å². The van der Waals surface area contributed by atoms with Gasteiger partial charge in [0.25, 0.3) is 5.91 Å². The zero-order valence-electron chi connectivity index (χ0n) is 14.2. The Bertz CT molecular complexity index is 821. The fourth-order valence-electron chi connectivity index (χ4n) is 2.36. The number of benzene rings is 1. The number of thioether (sulfide) groups is 1. The monoisotopic (exact) mass is 369 g/mol. The minimum Gasteiger partial charge on any atom is -0.282 e. The van der Waals surface area contributed by atoms with Crippen LogP contribution in [0.3, 0.4) is 0 Å². The van der Waals surface area contributed by atoms with Gasteiger partial charge in [0.2, 0.25) is 5.13 Å². The molecule has 1 aromatic carbocycles. The number of aliphatic imine (C=N–C) groups is 1. The smallest absolute Gasteiger partial charge is 0.267 e. The Hall–Kier alpha value is -2.18. The molecule has 0 radical (unpaired) electrons. The van der Waals surface area contributed by atoms with Gasteiger partial charge in [0.05, 0.1) is 4.91 Å². The minimum atomic E-state index is -0.0480. The zero-order chi connectivity index (χ0) is 17.8. The summed E-state index contributed by atoms with van der Waals surface area (Å²) in [6.45, 7) is 8.49. The molecule has 1 aliphatic heterocycles. The number of thiazole rings is 1. The molecule has 2 heterocycles. The normalized spacial score (nSPS) is 17.9. The molecular formula is C19H19N3OS2. The number of hydrogen-bond acceptors (Lipinski definition) is 5. The Morgan fingerprint density at radius 2 is 2.08 bits per heavy atom. The van der Waals surface area contributed by atoms with Crippen LogP contribution in [0.2, 0.25) is 0 Å². The maximum atomic E-state index is 12.7. The molecule has 1 saturated heterocycles. The van der Waals surface area contributed by atoms with E-state index in [1.165, 1.54) is 28.7 Å². The number of hydrogen-bond donors (Lipinski definition) is 0. The standard InChI is InChI=1S/C19H19N3OS2/c1-4-10-22-17(23)16(25-19(22)21-18-20-9-11-24-18)12-14-5-7-15(8-6-14)13(2)3/h4-9,11-13H,1,10H2,2-3H3/b16-12-,21-19+. The van der Waals surface area contributed by atoms with Crippen LogP contribution in [0, 0.1) is 0 Å². The average molecular weight is 370 g/mol. The van der Waals surface area contributed by atoms with Crippen molar-refractivity contribution in [1.82, 2.24) is 9.88 Å². The predicted molar refractivity (Wildman–Crippen MR) is 107 cm³/mol. The summed E-state index contributed by atoms with van der Waals surface area (Å²) in [5, 5.41) is 3.16. The SMILES string of the molecule is C=CCN1C(=O)/C(=C/c2ccc(C(C)C)cc2)S/C1=N/c1nccs1. The topological polar surface area (TPSA) is 45.6 Å². The molecule has 25 heavy (non-hydrogen) atoms. The van der Waals surface area contributed by atoms with E-state index in [1.807, 2.05) is 23.6 Å². The number of carbonyl (C=O) groups is 1. The van der Waals surface area contributed by atoms with E-state index in [1.54, 1.807) is 17.2 Å². The summed E-state index contributed by atoms with van der Waals surface area (Å²) in [6, 6.07) is 8.30. The third-order valence-electron chi connectivity index (χ3n) is 3.71. The number of aromatic nitrogens is 1. The molecule has 0 spiro atoms. The highest BCUT2D eigenvalue weighted by Crippen LogP contribution is 2.34. The predicted octanol–water partition coefficient (Wildman–Crippen LogP) is 5.06. The van der Waals surface area contributed by atoms with Gasteiger partial charge >= 0.3 is 0 Å². The summed E-state index contributed by atoms with van der Waals surface area (Å²) in [4.78, 5) is 23.7. The number of amidine groups is 1. The molecule has 0 aliphatic carbocycles. The quantitative estimate of drug-likeness (QED) is 0.547. The van der Waals surface area contributed by atoms with Crippen molar-refractivity contribution in [1.29, 1.82) is 0 Å². The van der Waals surface area contributed by atoms with E-state index in [0.717, 1.165) is 5.56 Å². The molecule has 1 fully saturated rings. The molecule has 0 atom stereocenters. The van der Waals surface area contributed by atoms with Crippen LogP contribution < -0.4 is 0 Å². The van der Waals surface area contributed by atoms with Gasteiger partial charge in [-0.15, -0.1) is 17.9 Å². The lowest BCUT2D eigenvalue weighted by atomic mass is 10.0.